The van der Waals surface area contributed by atoms with E-state index in [1.165, 1.54) is 11.6 Å². The van der Waals surface area contributed by atoms with Crippen molar-refractivity contribution in [1.82, 2.24) is 19.7 Å². The van der Waals surface area contributed by atoms with Gasteiger partial charge in [-0.3, -0.25) is 9.48 Å². The summed E-state index contributed by atoms with van der Waals surface area (Å²) < 4.78 is 15.6. The van der Waals surface area contributed by atoms with E-state index in [9.17, 15) is 9.18 Å². The Morgan fingerprint density at radius 2 is 2.16 bits per heavy atom. The quantitative estimate of drug-likeness (QED) is 0.673. The smallest absolute Gasteiger partial charge is 0.246 e. The number of hydrogen-bond donors (Lipinski definition) is 2. The molecule has 2 aromatic heterocycles. The van der Waals surface area contributed by atoms with Crippen LogP contribution in [0.5, 0.6) is 0 Å². The number of anilines is 3. The highest BCUT2D eigenvalue weighted by atomic mass is 19.1. The lowest BCUT2D eigenvalue weighted by molar-refractivity contribution is -0.117. The van der Waals surface area contributed by atoms with Gasteiger partial charge in [-0.1, -0.05) is 6.07 Å². The van der Waals surface area contributed by atoms with Crippen LogP contribution in [0.25, 0.3) is 0 Å². The summed E-state index contributed by atoms with van der Waals surface area (Å²) in [5.74, 6) is 0.910. The average molecular weight is 421 g/mol. The number of hydrogen-bond acceptors (Lipinski definition) is 6. The number of carbonyl (C=O) groups is 1. The summed E-state index contributed by atoms with van der Waals surface area (Å²) in [5.41, 5.74) is 4.54. The van der Waals surface area contributed by atoms with Gasteiger partial charge in [0.2, 0.25) is 11.9 Å². The zero-order valence-corrected chi connectivity index (χ0v) is 17.7. The highest BCUT2D eigenvalue weighted by Gasteiger charge is 2.30. The fraction of sp³-hybridized carbons (Fsp3) is 0.364. The Morgan fingerprint density at radius 1 is 1.32 bits per heavy atom. The highest BCUT2D eigenvalue weighted by molar-refractivity contribution is 6.03. The van der Waals surface area contributed by atoms with Gasteiger partial charge in [-0.05, 0) is 49.9 Å². The highest BCUT2D eigenvalue weighted by Crippen LogP contribution is 2.35. The Kier molecular flexibility index (Phi) is 4.60. The van der Waals surface area contributed by atoms with Gasteiger partial charge >= 0.3 is 0 Å². The Balaban J connectivity index is 1.33. The topological polar surface area (TPSA) is 88.0 Å². The lowest BCUT2D eigenvalue weighted by atomic mass is 10.1. The van der Waals surface area contributed by atoms with Gasteiger partial charge in [0, 0.05) is 25.4 Å². The average Bonchev–Trinajstić information content (AvgIpc) is 3.38. The van der Waals surface area contributed by atoms with Crippen molar-refractivity contribution >= 4 is 23.4 Å². The van der Waals surface area contributed by atoms with Gasteiger partial charge in [0.25, 0.3) is 0 Å². The van der Waals surface area contributed by atoms with Gasteiger partial charge < -0.3 is 15.5 Å². The van der Waals surface area contributed by atoms with Crippen molar-refractivity contribution in [2.45, 2.75) is 45.3 Å². The Bertz CT molecular complexity index is 1170. The summed E-state index contributed by atoms with van der Waals surface area (Å²) in [6.45, 7) is 4.20. The molecular formula is C22H24FN7O. The van der Waals surface area contributed by atoms with Crippen LogP contribution in [-0.2, 0) is 17.8 Å². The van der Waals surface area contributed by atoms with Crippen LogP contribution in [0.3, 0.4) is 0 Å². The summed E-state index contributed by atoms with van der Waals surface area (Å²) in [7, 11) is 1.85. The molecule has 0 bridgehead atoms. The standard InChI is InChI=1S/C22H24FN7O/c1-12-19-20(29(3)13(2)21(31)27-19)28-22(26-12)24-9-14-10-25-30(11-14)18-7-5-15-4-6-16(23)8-17(15)18/h4,6,8,10-11,13,18H,5,7,9H2,1-3H3,(H,27,31)(H,24,26,28)/t13-,18?/m0/s1. The molecule has 2 atom stereocenters. The molecule has 0 saturated carbocycles. The van der Waals surface area contributed by atoms with Crippen molar-refractivity contribution in [1.29, 1.82) is 0 Å². The second-order valence-corrected chi connectivity index (χ2v) is 8.19. The van der Waals surface area contributed by atoms with Gasteiger partial charge in [0.05, 0.1) is 17.9 Å². The van der Waals surface area contributed by atoms with E-state index in [0.717, 1.165) is 24.0 Å². The fourth-order valence-corrected chi connectivity index (χ4v) is 4.27. The van der Waals surface area contributed by atoms with Crippen LogP contribution in [0.4, 0.5) is 21.8 Å². The minimum absolute atomic E-state index is 0.0560. The lowest BCUT2D eigenvalue weighted by Crippen LogP contribution is -2.44. The number of likely N-dealkylation sites (N-methyl/N-ethyl adjacent to an activating group) is 1. The van der Waals surface area contributed by atoms with E-state index < -0.39 is 0 Å². The van der Waals surface area contributed by atoms with E-state index >= 15 is 0 Å². The molecule has 5 rings (SSSR count). The summed E-state index contributed by atoms with van der Waals surface area (Å²) in [4.78, 5) is 23.0. The number of fused-ring (bicyclic) bond motifs is 2. The van der Waals surface area contributed by atoms with Crippen molar-refractivity contribution in [3.05, 3.63) is 58.8 Å². The number of halogens is 1. The number of benzene rings is 1. The van der Waals surface area contributed by atoms with Crippen LogP contribution < -0.4 is 15.5 Å². The molecule has 2 aliphatic rings. The molecule has 3 aromatic rings. The largest absolute Gasteiger partial charge is 0.350 e. The molecule has 0 saturated heterocycles. The van der Waals surface area contributed by atoms with E-state index in [1.807, 2.05) is 48.9 Å². The van der Waals surface area contributed by atoms with Crippen molar-refractivity contribution in [3.8, 4) is 0 Å². The molecule has 0 fully saturated rings. The van der Waals surface area contributed by atoms with Crippen molar-refractivity contribution in [2.75, 3.05) is 22.6 Å². The predicted octanol–water partition coefficient (Wildman–Crippen LogP) is 3.05. The number of nitrogens with one attached hydrogen (secondary N) is 2. The molecule has 9 heteroatoms. The van der Waals surface area contributed by atoms with E-state index in [1.54, 1.807) is 6.07 Å². The molecule has 160 valence electrons. The normalized spacial score (nSPS) is 19.7. The Labute approximate surface area is 179 Å². The van der Waals surface area contributed by atoms with Crippen LogP contribution >= 0.6 is 0 Å². The number of aryl methyl sites for hydroxylation is 2. The zero-order valence-electron chi connectivity index (χ0n) is 17.7. The number of rotatable bonds is 4. The third-order valence-corrected chi connectivity index (χ3v) is 6.19. The van der Waals surface area contributed by atoms with Gasteiger partial charge in [-0.2, -0.15) is 10.1 Å². The molecule has 1 aliphatic heterocycles. The second kappa shape index (κ2) is 7.33. The monoisotopic (exact) mass is 421 g/mol. The molecule has 0 spiro atoms. The van der Waals surface area contributed by atoms with Crippen LogP contribution in [-0.4, -0.2) is 38.7 Å². The minimum atomic E-state index is -0.299. The number of amides is 1. The molecule has 1 amide bonds. The van der Waals surface area contributed by atoms with E-state index in [2.05, 4.69) is 25.7 Å². The van der Waals surface area contributed by atoms with Crippen LogP contribution in [0.2, 0.25) is 0 Å². The first-order valence-electron chi connectivity index (χ1n) is 10.4. The molecule has 1 aromatic carbocycles. The molecule has 8 nitrogen and oxygen atoms in total. The predicted molar refractivity (Wildman–Crippen MR) is 116 cm³/mol. The van der Waals surface area contributed by atoms with Gasteiger partial charge in [0.1, 0.15) is 17.5 Å². The first-order valence-corrected chi connectivity index (χ1v) is 10.4. The maximum Gasteiger partial charge on any atom is 0.246 e. The third-order valence-electron chi connectivity index (χ3n) is 6.19. The molecule has 1 unspecified atom stereocenters. The van der Waals surface area contributed by atoms with Crippen molar-refractivity contribution < 1.29 is 9.18 Å². The molecule has 2 N–H and O–H groups in total. The Hall–Kier alpha value is -3.49. The molecule has 31 heavy (non-hydrogen) atoms. The first-order chi connectivity index (χ1) is 14.9. The van der Waals surface area contributed by atoms with E-state index in [4.69, 9.17) is 0 Å². The summed E-state index contributed by atoms with van der Waals surface area (Å²) >= 11 is 0. The molecule has 3 heterocycles. The third kappa shape index (κ3) is 3.39. The van der Waals surface area contributed by atoms with Gasteiger partial charge in [-0.15, -0.1) is 0 Å². The molecular weight excluding hydrogens is 397 g/mol. The van der Waals surface area contributed by atoms with Crippen LogP contribution in [0.15, 0.2) is 30.6 Å². The van der Waals surface area contributed by atoms with E-state index in [-0.39, 0.29) is 23.8 Å². The van der Waals surface area contributed by atoms with Crippen LogP contribution in [0.1, 0.15) is 41.8 Å². The fourth-order valence-electron chi connectivity index (χ4n) is 4.27. The minimum Gasteiger partial charge on any atom is -0.350 e. The zero-order chi connectivity index (χ0) is 21.7. The number of nitrogens with zero attached hydrogens (tertiary/aromatic N) is 5. The SMILES string of the molecule is Cc1nc(NCc2cnn(C3CCc4ccc(F)cc43)c2)nc2c1NC(=O)[C@H](C)N2C. The van der Waals surface area contributed by atoms with Crippen molar-refractivity contribution in [2.24, 2.45) is 0 Å². The number of aromatic nitrogens is 4. The maximum atomic E-state index is 13.7. The molecule has 1 aliphatic carbocycles. The maximum absolute atomic E-state index is 13.7. The summed E-state index contributed by atoms with van der Waals surface area (Å²) in [6.07, 6.45) is 5.64. The van der Waals surface area contributed by atoms with E-state index in [0.29, 0.717) is 29.7 Å². The summed E-state index contributed by atoms with van der Waals surface area (Å²) in [5, 5.41) is 10.7. The summed E-state index contributed by atoms with van der Waals surface area (Å²) in [6, 6.07) is 4.76. The Morgan fingerprint density at radius 3 is 3.00 bits per heavy atom. The van der Waals surface area contributed by atoms with Gasteiger partial charge in [-0.25, -0.2) is 9.37 Å². The van der Waals surface area contributed by atoms with Gasteiger partial charge in [0.15, 0.2) is 5.82 Å². The molecule has 0 radical (unpaired) electrons. The van der Waals surface area contributed by atoms with Crippen molar-refractivity contribution in [3.63, 3.8) is 0 Å². The number of carbonyl (C=O) groups excluding carboxylic acids is 1. The lowest BCUT2D eigenvalue weighted by Gasteiger charge is -2.32. The first kappa shape index (κ1) is 19.5. The second-order valence-electron chi connectivity index (χ2n) is 8.19. The van der Waals surface area contributed by atoms with Crippen LogP contribution in [0, 0.1) is 12.7 Å².